The number of rotatable bonds is 4. The van der Waals surface area contributed by atoms with Crippen molar-refractivity contribution in [2.45, 2.75) is 12.8 Å². The van der Waals surface area contributed by atoms with Crippen LogP contribution in [0.5, 0.6) is 0 Å². The van der Waals surface area contributed by atoms with Gasteiger partial charge in [0.2, 0.25) is 5.91 Å². The van der Waals surface area contributed by atoms with E-state index in [1.165, 1.54) is 7.05 Å². The number of hydrogen-bond acceptors (Lipinski definition) is 5. The van der Waals surface area contributed by atoms with E-state index >= 15 is 0 Å². The minimum atomic E-state index is -0.683. The first-order valence-electron chi connectivity index (χ1n) is 6.52. The lowest BCUT2D eigenvalue weighted by molar-refractivity contribution is -0.141. The van der Waals surface area contributed by atoms with Gasteiger partial charge in [0.05, 0.1) is 0 Å². The minimum absolute atomic E-state index is 0.143. The summed E-state index contributed by atoms with van der Waals surface area (Å²) in [4.78, 5) is 34.7. The van der Waals surface area contributed by atoms with Gasteiger partial charge in [-0.1, -0.05) is 0 Å². The average molecular weight is 415 g/mol. The van der Waals surface area contributed by atoms with E-state index in [4.69, 9.17) is 4.74 Å². The molecule has 0 fully saturated rings. The van der Waals surface area contributed by atoms with Crippen molar-refractivity contribution in [2.24, 2.45) is 5.10 Å². The second-order valence-electron chi connectivity index (χ2n) is 4.60. The van der Waals surface area contributed by atoms with Crippen molar-refractivity contribution in [3.05, 3.63) is 27.8 Å². The van der Waals surface area contributed by atoms with Crippen molar-refractivity contribution in [3.63, 3.8) is 0 Å². The van der Waals surface area contributed by atoms with Crippen molar-refractivity contribution in [2.75, 3.05) is 19.0 Å². The second kappa shape index (κ2) is 7.34. The molecule has 22 heavy (non-hydrogen) atoms. The number of halogens is 1. The standard InChI is InChI=1S/C14H14IN3O4/c1-18-13(20)7-6-11(17-18)14(21)22-8-12(19)16-10-4-2-9(15)3-5-10/h2-5H,6-8H2,1H3,(H,16,19). The van der Waals surface area contributed by atoms with Crippen LogP contribution in [0.1, 0.15) is 12.8 Å². The number of carbonyl (C=O) groups excluding carboxylic acids is 3. The highest BCUT2D eigenvalue weighted by atomic mass is 127. The van der Waals surface area contributed by atoms with Gasteiger partial charge in [-0.25, -0.2) is 9.80 Å². The van der Waals surface area contributed by atoms with Crippen LogP contribution in [0.3, 0.4) is 0 Å². The number of esters is 1. The Morgan fingerprint density at radius 3 is 2.64 bits per heavy atom. The molecule has 1 aromatic rings. The first-order valence-corrected chi connectivity index (χ1v) is 7.60. The Morgan fingerprint density at radius 1 is 1.32 bits per heavy atom. The third-order valence-corrected chi connectivity index (χ3v) is 3.62. The molecule has 116 valence electrons. The van der Waals surface area contributed by atoms with Gasteiger partial charge in [-0.05, 0) is 46.9 Å². The highest BCUT2D eigenvalue weighted by Crippen LogP contribution is 2.11. The Kier molecular flexibility index (Phi) is 5.47. The SMILES string of the molecule is CN1N=C(C(=O)OCC(=O)Nc2ccc(I)cc2)CCC1=O. The zero-order valence-corrected chi connectivity index (χ0v) is 14.0. The quantitative estimate of drug-likeness (QED) is 0.595. The molecule has 2 amide bonds. The van der Waals surface area contributed by atoms with Gasteiger partial charge in [0, 0.05) is 29.1 Å². The topological polar surface area (TPSA) is 88.1 Å². The number of nitrogens with one attached hydrogen (secondary N) is 1. The highest BCUT2D eigenvalue weighted by molar-refractivity contribution is 14.1. The van der Waals surface area contributed by atoms with Crippen molar-refractivity contribution < 1.29 is 19.1 Å². The van der Waals surface area contributed by atoms with Crippen LogP contribution in [0, 0.1) is 3.57 Å². The van der Waals surface area contributed by atoms with Crippen LogP contribution >= 0.6 is 22.6 Å². The summed E-state index contributed by atoms with van der Waals surface area (Å²) in [6, 6.07) is 7.22. The fourth-order valence-corrected chi connectivity index (χ4v) is 2.12. The van der Waals surface area contributed by atoms with E-state index in [2.05, 4.69) is 33.0 Å². The zero-order valence-electron chi connectivity index (χ0n) is 11.8. The first kappa shape index (κ1) is 16.4. The van der Waals surface area contributed by atoms with Gasteiger partial charge < -0.3 is 10.1 Å². The van der Waals surface area contributed by atoms with E-state index in [-0.39, 0.29) is 24.5 Å². The first-order chi connectivity index (χ1) is 10.5. The second-order valence-corrected chi connectivity index (χ2v) is 5.84. The largest absolute Gasteiger partial charge is 0.451 e. The molecule has 1 heterocycles. The molecule has 1 N–H and O–H groups in total. The van der Waals surface area contributed by atoms with Gasteiger partial charge in [0.25, 0.3) is 5.91 Å². The summed E-state index contributed by atoms with van der Waals surface area (Å²) in [6.45, 7) is -0.401. The fourth-order valence-electron chi connectivity index (χ4n) is 1.76. The molecule has 0 atom stereocenters. The fraction of sp³-hybridized carbons (Fsp3) is 0.286. The van der Waals surface area contributed by atoms with Gasteiger partial charge in [0.1, 0.15) is 5.71 Å². The van der Waals surface area contributed by atoms with E-state index in [0.717, 1.165) is 8.58 Å². The van der Waals surface area contributed by atoms with Gasteiger partial charge in [0.15, 0.2) is 6.61 Å². The van der Waals surface area contributed by atoms with Crippen LogP contribution < -0.4 is 5.32 Å². The van der Waals surface area contributed by atoms with Gasteiger partial charge in [-0.2, -0.15) is 5.10 Å². The molecule has 1 aliphatic heterocycles. The maximum absolute atomic E-state index is 11.8. The van der Waals surface area contributed by atoms with Crippen molar-refractivity contribution in [1.29, 1.82) is 0 Å². The number of nitrogens with zero attached hydrogens (tertiary/aromatic N) is 2. The summed E-state index contributed by atoms with van der Waals surface area (Å²) in [7, 11) is 1.47. The monoisotopic (exact) mass is 415 g/mol. The Morgan fingerprint density at radius 2 is 2.00 bits per heavy atom. The summed E-state index contributed by atoms with van der Waals surface area (Å²) in [6.07, 6.45) is 0.431. The molecule has 0 spiro atoms. The molecule has 2 rings (SSSR count). The molecule has 0 radical (unpaired) electrons. The lowest BCUT2D eigenvalue weighted by Crippen LogP contribution is -2.33. The molecule has 1 aromatic carbocycles. The lowest BCUT2D eigenvalue weighted by Gasteiger charge is -2.18. The summed E-state index contributed by atoms with van der Waals surface area (Å²) < 4.78 is 5.95. The molecule has 0 saturated heterocycles. The number of hydrazone groups is 1. The van der Waals surface area contributed by atoms with Crippen LogP contribution in [0.25, 0.3) is 0 Å². The molecular weight excluding hydrogens is 401 g/mol. The van der Waals surface area contributed by atoms with Gasteiger partial charge in [-0.3, -0.25) is 9.59 Å². The smallest absolute Gasteiger partial charge is 0.355 e. The van der Waals surface area contributed by atoms with Crippen LogP contribution in [0.4, 0.5) is 5.69 Å². The maximum Gasteiger partial charge on any atom is 0.355 e. The van der Waals surface area contributed by atoms with Crippen molar-refractivity contribution in [3.8, 4) is 0 Å². The number of amides is 2. The van der Waals surface area contributed by atoms with E-state index in [1.54, 1.807) is 12.1 Å². The molecule has 1 aliphatic rings. The van der Waals surface area contributed by atoms with Crippen LogP contribution in [0.2, 0.25) is 0 Å². The molecule has 0 aliphatic carbocycles. The highest BCUT2D eigenvalue weighted by Gasteiger charge is 2.23. The molecule has 7 nitrogen and oxygen atoms in total. The molecule has 0 bridgehead atoms. The third-order valence-electron chi connectivity index (χ3n) is 2.91. The van der Waals surface area contributed by atoms with Crippen molar-refractivity contribution in [1.82, 2.24) is 5.01 Å². The Balaban J connectivity index is 1.83. The Hall–Kier alpha value is -1.97. The maximum atomic E-state index is 11.8. The summed E-state index contributed by atoms with van der Waals surface area (Å²) >= 11 is 2.16. The lowest BCUT2D eigenvalue weighted by atomic mass is 10.2. The Labute approximate surface area is 140 Å². The predicted molar refractivity (Wildman–Crippen MR) is 88.2 cm³/mol. The number of benzene rings is 1. The number of ether oxygens (including phenoxy) is 1. The molecule has 0 aromatic heterocycles. The van der Waals surface area contributed by atoms with Gasteiger partial charge in [-0.15, -0.1) is 0 Å². The van der Waals surface area contributed by atoms with E-state index in [1.807, 2.05) is 12.1 Å². The van der Waals surface area contributed by atoms with Crippen LogP contribution in [0.15, 0.2) is 29.4 Å². The van der Waals surface area contributed by atoms with E-state index in [0.29, 0.717) is 5.69 Å². The summed E-state index contributed by atoms with van der Waals surface area (Å²) in [5.41, 5.74) is 0.769. The summed E-state index contributed by atoms with van der Waals surface area (Å²) in [5.74, 6) is -1.28. The molecular formula is C14H14IN3O4. The molecule has 0 unspecified atom stereocenters. The number of carbonyl (C=O) groups is 3. The number of anilines is 1. The molecule has 8 heteroatoms. The predicted octanol–water partition coefficient (Wildman–Crippen LogP) is 1.38. The van der Waals surface area contributed by atoms with Crippen LogP contribution in [-0.4, -0.2) is 42.2 Å². The molecule has 0 saturated carbocycles. The zero-order chi connectivity index (χ0) is 16.1. The van der Waals surface area contributed by atoms with E-state index < -0.39 is 18.5 Å². The van der Waals surface area contributed by atoms with Crippen molar-refractivity contribution >= 4 is 51.8 Å². The minimum Gasteiger partial charge on any atom is -0.451 e. The third kappa shape index (κ3) is 4.52. The Bertz CT molecular complexity index is 627. The van der Waals surface area contributed by atoms with E-state index in [9.17, 15) is 14.4 Å². The van der Waals surface area contributed by atoms with Crippen LogP contribution in [-0.2, 0) is 19.1 Å². The average Bonchev–Trinajstić information content (AvgIpc) is 2.50. The normalized spacial score (nSPS) is 14.4. The number of hydrogen-bond donors (Lipinski definition) is 1. The van der Waals surface area contributed by atoms with Gasteiger partial charge >= 0.3 is 5.97 Å². The summed E-state index contributed by atoms with van der Waals surface area (Å²) in [5, 5.41) is 7.55.